The zero-order valence-corrected chi connectivity index (χ0v) is 17.6. The Hall–Kier alpha value is -2.73. The normalized spacial score (nSPS) is 13.6. The molecule has 3 aromatic rings. The number of hydrogen-bond acceptors (Lipinski definition) is 5. The van der Waals surface area contributed by atoms with Crippen LogP contribution in [0.5, 0.6) is 5.88 Å². The first-order chi connectivity index (χ1) is 13.6. The standard InChI is InChI=1S/C21H20N4OS2/c1-4-25-20(26)17(28-21(25)22-18-11-7-8-14-23(18)2)12-13-19-24(3)15-9-5-6-10-16(15)27-19/h5-12,14H,4H2,1-3H3/p+1. The maximum atomic E-state index is 10.7. The van der Waals surface area contributed by atoms with Gasteiger partial charge in [0.25, 0.3) is 0 Å². The molecule has 7 heteroatoms. The van der Waals surface area contributed by atoms with Gasteiger partial charge in [0.15, 0.2) is 0 Å². The van der Waals surface area contributed by atoms with Crippen molar-refractivity contribution in [1.82, 2.24) is 4.57 Å². The minimum absolute atomic E-state index is 0.223. The molecule has 0 saturated carbocycles. The quantitative estimate of drug-likeness (QED) is 0.525. The Kier molecular flexibility index (Phi) is 5.13. The van der Waals surface area contributed by atoms with Crippen molar-refractivity contribution in [1.29, 1.82) is 0 Å². The number of benzene rings is 1. The van der Waals surface area contributed by atoms with E-state index >= 15 is 0 Å². The summed E-state index contributed by atoms with van der Waals surface area (Å²) >= 11 is 3.14. The summed E-state index contributed by atoms with van der Waals surface area (Å²) in [4.78, 5) is 8.81. The molecule has 3 heterocycles. The first kappa shape index (κ1) is 18.6. The Morgan fingerprint density at radius 1 is 1.18 bits per heavy atom. The highest BCUT2D eigenvalue weighted by Crippen LogP contribution is 2.44. The molecule has 0 atom stereocenters. The number of aromatic hydroxyl groups is 1. The number of nitrogens with zero attached hydrogens (tertiary/aromatic N) is 4. The summed E-state index contributed by atoms with van der Waals surface area (Å²) < 4.78 is 3.77. The minimum Gasteiger partial charge on any atom is -0.477 e. The second-order valence-electron chi connectivity index (χ2n) is 6.32. The summed E-state index contributed by atoms with van der Waals surface area (Å²) in [6.07, 6.45) is 3.81. The van der Waals surface area contributed by atoms with E-state index in [1.807, 2.05) is 72.8 Å². The second kappa shape index (κ2) is 7.72. The molecule has 4 rings (SSSR count). The Bertz CT molecular complexity index is 1170. The molecule has 0 fully saturated rings. The fourth-order valence-corrected chi connectivity index (χ4v) is 4.97. The molecular weight excluding hydrogens is 388 g/mol. The van der Waals surface area contributed by atoms with Crippen molar-refractivity contribution in [3.05, 3.63) is 69.8 Å². The minimum atomic E-state index is 0.223. The van der Waals surface area contributed by atoms with Gasteiger partial charge in [-0.15, -0.1) is 0 Å². The van der Waals surface area contributed by atoms with Crippen LogP contribution in [-0.2, 0) is 13.6 Å². The molecule has 0 amide bonds. The van der Waals surface area contributed by atoms with Crippen LogP contribution in [0.1, 0.15) is 11.8 Å². The Morgan fingerprint density at radius 2 is 1.96 bits per heavy atom. The molecule has 1 N–H and O–H groups in total. The van der Waals surface area contributed by atoms with E-state index in [-0.39, 0.29) is 5.88 Å². The fraction of sp³-hybridized carbons (Fsp3) is 0.190. The number of aromatic nitrogens is 2. The van der Waals surface area contributed by atoms with Crippen LogP contribution in [0.2, 0.25) is 0 Å². The summed E-state index contributed by atoms with van der Waals surface area (Å²) in [5.74, 6) is 0.223. The fourth-order valence-electron chi connectivity index (χ4n) is 2.97. The van der Waals surface area contributed by atoms with Crippen LogP contribution < -0.4 is 15.0 Å². The molecule has 1 aliphatic rings. The predicted molar refractivity (Wildman–Crippen MR) is 115 cm³/mol. The summed E-state index contributed by atoms with van der Waals surface area (Å²) in [5, 5.41) is 12.4. The van der Waals surface area contributed by atoms with Gasteiger partial charge < -0.3 is 14.6 Å². The topological polar surface area (TPSA) is 44.6 Å². The lowest BCUT2D eigenvalue weighted by atomic mass is 10.3. The number of fused-ring (bicyclic) bond motifs is 1. The number of thiazole rings is 1. The summed E-state index contributed by atoms with van der Waals surface area (Å²) in [5.41, 5.74) is 5.36. The van der Waals surface area contributed by atoms with E-state index in [0.29, 0.717) is 6.54 Å². The summed E-state index contributed by atoms with van der Waals surface area (Å²) in [6, 6.07) is 14.2. The number of rotatable bonds is 3. The Balaban J connectivity index is 1.74. The van der Waals surface area contributed by atoms with Crippen LogP contribution in [0.3, 0.4) is 0 Å². The number of para-hydroxylation sites is 1. The lowest BCUT2D eigenvalue weighted by molar-refractivity contribution is -0.682. The number of hydrogen-bond donors (Lipinski definition) is 1. The first-order valence-electron chi connectivity index (χ1n) is 8.97. The van der Waals surface area contributed by atoms with Gasteiger partial charge in [0.2, 0.25) is 5.49 Å². The molecule has 142 valence electrons. The molecule has 1 aromatic carbocycles. The highest BCUT2D eigenvalue weighted by molar-refractivity contribution is 8.03. The lowest BCUT2D eigenvalue weighted by Gasteiger charge is -2.10. The van der Waals surface area contributed by atoms with Crippen molar-refractivity contribution in [3.8, 4) is 5.88 Å². The highest BCUT2D eigenvalue weighted by Gasteiger charge is 2.23. The molecule has 0 saturated heterocycles. The van der Waals surface area contributed by atoms with Gasteiger partial charge in [-0.2, -0.15) is 4.57 Å². The van der Waals surface area contributed by atoms with Crippen LogP contribution in [0.15, 0.2) is 69.3 Å². The lowest BCUT2D eigenvalue weighted by Crippen LogP contribution is -2.31. The van der Waals surface area contributed by atoms with E-state index in [1.54, 1.807) is 11.8 Å². The van der Waals surface area contributed by atoms with Crippen molar-refractivity contribution in [2.75, 3.05) is 11.9 Å². The molecule has 5 nitrogen and oxygen atoms in total. The third-order valence-electron chi connectivity index (χ3n) is 4.53. The van der Waals surface area contributed by atoms with Crippen LogP contribution in [0.25, 0.3) is 6.08 Å². The molecule has 0 unspecified atom stereocenters. The largest absolute Gasteiger partial charge is 0.477 e. The first-order valence-corrected chi connectivity index (χ1v) is 10.6. The Morgan fingerprint density at radius 3 is 2.71 bits per heavy atom. The van der Waals surface area contributed by atoms with Crippen LogP contribution in [-0.4, -0.2) is 16.7 Å². The molecule has 0 bridgehead atoms. The van der Waals surface area contributed by atoms with Gasteiger partial charge in [-0.3, -0.25) is 0 Å². The van der Waals surface area contributed by atoms with E-state index in [0.717, 1.165) is 20.5 Å². The third-order valence-corrected chi connectivity index (χ3v) is 6.69. The van der Waals surface area contributed by atoms with E-state index < -0.39 is 0 Å². The summed E-state index contributed by atoms with van der Waals surface area (Å²) in [7, 11) is 3.99. The van der Waals surface area contributed by atoms with Gasteiger partial charge in [0, 0.05) is 37.3 Å². The maximum Gasteiger partial charge on any atom is 0.388 e. The second-order valence-corrected chi connectivity index (χ2v) is 8.36. The molecule has 0 aliphatic carbocycles. The zero-order valence-electron chi connectivity index (χ0n) is 16.0. The molecule has 0 spiro atoms. The average molecular weight is 410 g/mol. The number of pyridine rings is 1. The highest BCUT2D eigenvalue weighted by atomic mass is 32.2. The maximum absolute atomic E-state index is 10.7. The number of anilines is 1. The van der Waals surface area contributed by atoms with E-state index in [4.69, 9.17) is 4.99 Å². The van der Waals surface area contributed by atoms with Gasteiger partial charge in [0.1, 0.15) is 9.91 Å². The predicted octanol–water partition coefficient (Wildman–Crippen LogP) is 4.03. The van der Waals surface area contributed by atoms with Gasteiger partial charge in [-0.05, 0) is 41.5 Å². The van der Waals surface area contributed by atoms with E-state index in [2.05, 4.69) is 22.8 Å². The van der Waals surface area contributed by atoms with Crippen molar-refractivity contribution < 1.29 is 9.67 Å². The third kappa shape index (κ3) is 3.40. The Labute approximate surface area is 172 Å². The van der Waals surface area contributed by atoms with E-state index in [9.17, 15) is 5.11 Å². The van der Waals surface area contributed by atoms with Crippen LogP contribution in [0, 0.1) is 0 Å². The van der Waals surface area contributed by atoms with Gasteiger partial charge in [-0.25, -0.2) is 0 Å². The van der Waals surface area contributed by atoms with Crippen molar-refractivity contribution >= 4 is 40.0 Å². The average Bonchev–Trinajstić information content (AvgIpc) is 3.18. The number of thioether (sulfide) groups is 1. The molecular formula is C21H21N4OS2+. The molecule has 28 heavy (non-hydrogen) atoms. The smallest absolute Gasteiger partial charge is 0.388 e. The van der Waals surface area contributed by atoms with E-state index in [1.165, 1.54) is 21.9 Å². The van der Waals surface area contributed by atoms with Crippen molar-refractivity contribution in [2.24, 2.45) is 12.0 Å². The van der Waals surface area contributed by atoms with Gasteiger partial charge in [-0.1, -0.05) is 35.7 Å². The number of aryl methyl sites for hydroxylation is 1. The van der Waals surface area contributed by atoms with Gasteiger partial charge in [0.05, 0.1) is 12.2 Å². The van der Waals surface area contributed by atoms with Crippen molar-refractivity contribution in [2.45, 2.75) is 18.4 Å². The van der Waals surface area contributed by atoms with Crippen molar-refractivity contribution in [3.63, 3.8) is 0 Å². The molecule has 2 aromatic heterocycles. The van der Waals surface area contributed by atoms with Crippen LogP contribution in [0.4, 0.5) is 10.8 Å². The van der Waals surface area contributed by atoms with Gasteiger partial charge >= 0.3 is 11.0 Å². The SMILES string of the molecule is CC[n+]1c(N=c2ccccn2C)sc(C=C=C2Sc3ccccc3N2C)c1O. The molecule has 0 radical (unpaired) electrons. The van der Waals surface area contributed by atoms with Crippen LogP contribution >= 0.6 is 23.1 Å². The summed E-state index contributed by atoms with van der Waals surface area (Å²) in [6.45, 7) is 2.64. The zero-order chi connectivity index (χ0) is 19.7. The monoisotopic (exact) mass is 409 g/mol. The molecule has 1 aliphatic heterocycles.